The molecule has 0 saturated heterocycles. The Morgan fingerprint density at radius 3 is 2.37 bits per heavy atom. The van der Waals surface area contributed by atoms with E-state index < -0.39 is 0 Å². The Hall–Kier alpha value is -0.900. The van der Waals surface area contributed by atoms with E-state index in [-0.39, 0.29) is 35.8 Å². The number of carbonyl (C=O) groups excluding carboxylic acids is 2. The average Bonchev–Trinajstić information content (AvgIpc) is 2.98. The first-order valence-corrected chi connectivity index (χ1v) is 11.1. The molecule has 0 aliphatic heterocycles. The van der Waals surface area contributed by atoms with Crippen LogP contribution in [-0.4, -0.2) is 29.6 Å². The summed E-state index contributed by atoms with van der Waals surface area (Å²) in [5.41, 5.74) is 0.457. The maximum atomic E-state index is 12.4. The monoisotopic (exact) mass is 376 g/mol. The van der Waals surface area contributed by atoms with Crippen LogP contribution in [0.5, 0.6) is 0 Å². The lowest BCUT2D eigenvalue weighted by molar-refractivity contribution is -0.161. The van der Waals surface area contributed by atoms with E-state index in [9.17, 15) is 14.7 Å². The fourth-order valence-corrected chi connectivity index (χ4v) is 8.20. The van der Waals surface area contributed by atoms with E-state index in [2.05, 4.69) is 13.8 Å². The Morgan fingerprint density at radius 2 is 1.67 bits per heavy atom. The van der Waals surface area contributed by atoms with Crippen molar-refractivity contribution in [3.63, 3.8) is 0 Å². The number of hydrogen-bond donors (Lipinski definition) is 1. The SMILES string of the molecule is CC(=O)O[C@@H]1CC[C@]2(C)[C@H](CC[C@@H]3[C@@H]2CC[C@]2(C)[C@@H](C(=O)CO)CC[C@@H]32)C1. The number of ether oxygens (including phenoxy) is 1. The number of fused-ring (bicyclic) bond motifs is 5. The molecular weight excluding hydrogens is 340 g/mol. The van der Waals surface area contributed by atoms with Gasteiger partial charge < -0.3 is 9.84 Å². The minimum absolute atomic E-state index is 0.0682. The molecule has 4 saturated carbocycles. The summed E-state index contributed by atoms with van der Waals surface area (Å²) in [4.78, 5) is 23.7. The minimum atomic E-state index is -0.293. The quantitative estimate of drug-likeness (QED) is 0.752. The normalized spacial score (nSPS) is 48.9. The smallest absolute Gasteiger partial charge is 0.302 e. The second kappa shape index (κ2) is 6.86. The zero-order valence-corrected chi connectivity index (χ0v) is 17.2. The van der Waals surface area contributed by atoms with Gasteiger partial charge in [-0.15, -0.1) is 0 Å². The lowest BCUT2D eigenvalue weighted by atomic mass is 9.44. The lowest BCUT2D eigenvalue weighted by Crippen LogP contribution is -2.54. The Morgan fingerprint density at radius 1 is 0.963 bits per heavy atom. The first-order chi connectivity index (χ1) is 12.8. The maximum Gasteiger partial charge on any atom is 0.302 e. The fourth-order valence-electron chi connectivity index (χ4n) is 8.20. The van der Waals surface area contributed by atoms with Gasteiger partial charge in [-0.2, -0.15) is 0 Å². The summed E-state index contributed by atoms with van der Waals surface area (Å²) in [6, 6.07) is 0. The molecule has 0 unspecified atom stereocenters. The van der Waals surface area contributed by atoms with Crippen LogP contribution in [0.15, 0.2) is 0 Å². The van der Waals surface area contributed by atoms with Crippen molar-refractivity contribution in [2.75, 3.05) is 6.61 Å². The van der Waals surface area contributed by atoms with Gasteiger partial charge in [0.25, 0.3) is 0 Å². The van der Waals surface area contributed by atoms with Crippen LogP contribution in [-0.2, 0) is 14.3 Å². The average molecular weight is 377 g/mol. The second-order valence-corrected chi connectivity index (χ2v) is 10.5. The standard InChI is InChI=1S/C23H36O4/c1-14(25)27-16-8-10-22(2)15(12-16)4-5-17-18-6-7-20(21(26)13-24)23(18,3)11-9-19(17)22/h15-20,24H,4-13H2,1-3H3/t15-,16-,17+,18+,19+,20-,22-,23+/m1/s1. The van der Waals surface area contributed by atoms with Crippen LogP contribution in [0.3, 0.4) is 0 Å². The number of Topliss-reactive ketones (excluding diaryl/α,β-unsaturated/α-hetero) is 1. The van der Waals surface area contributed by atoms with Gasteiger partial charge in [-0.3, -0.25) is 9.59 Å². The zero-order valence-electron chi connectivity index (χ0n) is 17.2. The van der Waals surface area contributed by atoms with E-state index in [1.54, 1.807) is 0 Å². The lowest BCUT2D eigenvalue weighted by Gasteiger charge is -2.61. The predicted molar refractivity (Wildman–Crippen MR) is 103 cm³/mol. The predicted octanol–water partition coefficient (Wildman–Crippen LogP) is 4.14. The van der Waals surface area contributed by atoms with E-state index in [4.69, 9.17) is 4.74 Å². The molecule has 4 rings (SSSR count). The third-order valence-electron chi connectivity index (χ3n) is 9.49. The Bertz CT molecular complexity index is 615. The Labute approximate surface area is 163 Å². The zero-order chi connectivity index (χ0) is 19.4. The van der Waals surface area contributed by atoms with E-state index in [0.717, 1.165) is 43.9 Å². The fraction of sp³-hybridized carbons (Fsp3) is 0.913. The van der Waals surface area contributed by atoms with Gasteiger partial charge in [0.05, 0.1) is 0 Å². The van der Waals surface area contributed by atoms with Crippen molar-refractivity contribution in [3.05, 3.63) is 0 Å². The highest BCUT2D eigenvalue weighted by Crippen LogP contribution is 2.67. The largest absolute Gasteiger partial charge is 0.463 e. The van der Waals surface area contributed by atoms with Gasteiger partial charge in [-0.25, -0.2) is 0 Å². The molecule has 0 radical (unpaired) electrons. The van der Waals surface area contributed by atoms with Crippen LogP contribution >= 0.6 is 0 Å². The van der Waals surface area contributed by atoms with Crippen molar-refractivity contribution in [1.82, 2.24) is 0 Å². The summed E-state index contributed by atoms with van der Waals surface area (Å²) in [6.07, 6.45) is 10.3. The summed E-state index contributed by atoms with van der Waals surface area (Å²) >= 11 is 0. The van der Waals surface area contributed by atoms with Crippen LogP contribution in [0.25, 0.3) is 0 Å². The molecule has 8 atom stereocenters. The van der Waals surface area contributed by atoms with Crippen LogP contribution in [0.4, 0.5) is 0 Å². The van der Waals surface area contributed by atoms with E-state index in [1.807, 2.05) is 0 Å². The van der Waals surface area contributed by atoms with Crippen molar-refractivity contribution in [2.45, 2.75) is 84.7 Å². The highest BCUT2D eigenvalue weighted by atomic mass is 16.5. The van der Waals surface area contributed by atoms with E-state index in [1.165, 1.54) is 32.6 Å². The highest BCUT2D eigenvalue weighted by molar-refractivity contribution is 5.83. The summed E-state index contributed by atoms with van der Waals surface area (Å²) in [7, 11) is 0. The summed E-state index contributed by atoms with van der Waals surface area (Å²) in [6.45, 7) is 6.08. The minimum Gasteiger partial charge on any atom is -0.463 e. The van der Waals surface area contributed by atoms with Gasteiger partial charge in [0.2, 0.25) is 0 Å². The van der Waals surface area contributed by atoms with Crippen molar-refractivity contribution in [3.8, 4) is 0 Å². The molecular formula is C23H36O4. The molecule has 0 heterocycles. The van der Waals surface area contributed by atoms with Gasteiger partial charge in [-0.1, -0.05) is 13.8 Å². The molecule has 0 spiro atoms. The molecule has 0 aromatic rings. The molecule has 152 valence electrons. The van der Waals surface area contributed by atoms with Crippen molar-refractivity contribution in [1.29, 1.82) is 0 Å². The Balaban J connectivity index is 1.53. The molecule has 4 fully saturated rings. The van der Waals surface area contributed by atoms with Crippen molar-refractivity contribution in [2.24, 2.45) is 40.4 Å². The van der Waals surface area contributed by atoms with Crippen LogP contribution in [0, 0.1) is 40.4 Å². The maximum absolute atomic E-state index is 12.4. The third-order valence-corrected chi connectivity index (χ3v) is 9.49. The van der Waals surface area contributed by atoms with E-state index in [0.29, 0.717) is 17.3 Å². The number of aliphatic hydroxyl groups excluding tert-OH is 1. The first-order valence-electron chi connectivity index (χ1n) is 11.1. The molecule has 4 nitrogen and oxygen atoms in total. The number of aliphatic hydroxyl groups is 1. The molecule has 0 bridgehead atoms. The molecule has 4 aliphatic rings. The molecule has 0 aromatic carbocycles. The second-order valence-electron chi connectivity index (χ2n) is 10.5. The molecule has 4 aliphatic carbocycles. The number of carbonyl (C=O) groups is 2. The van der Waals surface area contributed by atoms with Gasteiger partial charge in [0.1, 0.15) is 12.7 Å². The summed E-state index contributed by atoms with van der Waals surface area (Å²) < 4.78 is 5.56. The number of ketones is 1. The molecule has 0 aromatic heterocycles. The number of esters is 1. The van der Waals surface area contributed by atoms with Crippen LogP contribution < -0.4 is 0 Å². The van der Waals surface area contributed by atoms with Crippen molar-refractivity contribution >= 4 is 11.8 Å². The third kappa shape index (κ3) is 2.97. The van der Waals surface area contributed by atoms with Crippen LogP contribution in [0.1, 0.15) is 78.6 Å². The first kappa shape index (κ1) is 19.4. The van der Waals surface area contributed by atoms with Gasteiger partial charge in [0, 0.05) is 12.8 Å². The molecule has 27 heavy (non-hydrogen) atoms. The Kier molecular flexibility index (Phi) is 4.93. The number of rotatable bonds is 3. The van der Waals surface area contributed by atoms with Crippen molar-refractivity contribution < 1.29 is 19.4 Å². The summed E-state index contributed by atoms with van der Waals surface area (Å²) in [5, 5.41) is 9.43. The van der Waals surface area contributed by atoms with Gasteiger partial charge in [-0.05, 0) is 92.3 Å². The highest BCUT2D eigenvalue weighted by Gasteiger charge is 2.61. The molecule has 4 heteroatoms. The van der Waals surface area contributed by atoms with E-state index >= 15 is 0 Å². The summed E-state index contributed by atoms with van der Waals surface area (Å²) in [5.74, 6) is 2.77. The number of hydrogen-bond acceptors (Lipinski definition) is 4. The molecule has 1 N–H and O–H groups in total. The van der Waals surface area contributed by atoms with Gasteiger partial charge >= 0.3 is 5.97 Å². The van der Waals surface area contributed by atoms with Gasteiger partial charge in [0.15, 0.2) is 5.78 Å². The van der Waals surface area contributed by atoms with Crippen LogP contribution in [0.2, 0.25) is 0 Å². The topological polar surface area (TPSA) is 63.6 Å². The molecule has 0 amide bonds.